The smallest absolute Gasteiger partial charge is 0.189 e. The maximum Gasteiger partial charge on any atom is 0.189 e. The predicted octanol–water partition coefficient (Wildman–Crippen LogP) is 2.12. The van der Waals surface area contributed by atoms with Crippen molar-refractivity contribution in [1.82, 2.24) is 14.9 Å². The summed E-state index contributed by atoms with van der Waals surface area (Å²) in [6.07, 6.45) is 8.32. The van der Waals surface area contributed by atoms with Gasteiger partial charge in [0.25, 0.3) is 0 Å². The van der Waals surface area contributed by atoms with Crippen LogP contribution in [0.4, 0.5) is 5.82 Å². The molecule has 3 aliphatic rings. The van der Waals surface area contributed by atoms with Crippen LogP contribution in [0.15, 0.2) is 17.4 Å². The van der Waals surface area contributed by atoms with E-state index in [1.165, 1.54) is 32.4 Å². The minimum absolute atomic E-state index is 0.758. The van der Waals surface area contributed by atoms with Gasteiger partial charge in [-0.15, -0.1) is 0 Å². The molecule has 0 aromatic carbocycles. The number of anilines is 1. The Labute approximate surface area is 125 Å². The summed E-state index contributed by atoms with van der Waals surface area (Å²) < 4.78 is 0. The van der Waals surface area contributed by atoms with Gasteiger partial charge < -0.3 is 4.90 Å². The van der Waals surface area contributed by atoms with E-state index in [1.807, 2.05) is 18.5 Å². The van der Waals surface area contributed by atoms with Crippen molar-refractivity contribution in [2.75, 3.05) is 37.3 Å². The minimum atomic E-state index is 0.758. The van der Waals surface area contributed by atoms with E-state index in [2.05, 4.69) is 19.8 Å². The van der Waals surface area contributed by atoms with E-state index in [-0.39, 0.29) is 0 Å². The quantitative estimate of drug-likeness (QED) is 0.629. The standard InChI is InChI=1S/C15H22N4S/c1-20-15-16-6-5-14(17-15)19-9-13(10-19)18-7-11-3-2-4-12(11)8-18/h5-6,11-13H,2-4,7-10H2,1H3. The Balaban J connectivity index is 1.35. The van der Waals surface area contributed by atoms with Crippen molar-refractivity contribution in [2.45, 2.75) is 30.5 Å². The molecule has 20 heavy (non-hydrogen) atoms. The molecule has 0 amide bonds. The van der Waals surface area contributed by atoms with Gasteiger partial charge in [0, 0.05) is 38.4 Å². The molecule has 5 heteroatoms. The highest BCUT2D eigenvalue weighted by Crippen LogP contribution is 2.39. The van der Waals surface area contributed by atoms with Crippen molar-refractivity contribution in [3.05, 3.63) is 12.3 Å². The molecular weight excluding hydrogens is 268 g/mol. The van der Waals surface area contributed by atoms with E-state index < -0.39 is 0 Å². The Morgan fingerprint density at radius 3 is 2.60 bits per heavy atom. The van der Waals surface area contributed by atoms with Crippen LogP contribution in [0.1, 0.15) is 19.3 Å². The number of aromatic nitrogens is 2. The van der Waals surface area contributed by atoms with Gasteiger partial charge in [-0.2, -0.15) is 0 Å². The van der Waals surface area contributed by atoms with E-state index in [0.29, 0.717) is 0 Å². The van der Waals surface area contributed by atoms with Crippen molar-refractivity contribution in [1.29, 1.82) is 0 Å². The van der Waals surface area contributed by atoms with Crippen LogP contribution in [-0.2, 0) is 0 Å². The minimum Gasteiger partial charge on any atom is -0.353 e. The molecule has 0 spiro atoms. The highest BCUT2D eigenvalue weighted by molar-refractivity contribution is 7.98. The van der Waals surface area contributed by atoms with Gasteiger partial charge in [-0.3, -0.25) is 4.90 Å². The second-order valence-electron chi connectivity index (χ2n) is 6.37. The lowest BCUT2D eigenvalue weighted by Crippen LogP contribution is -2.59. The lowest BCUT2D eigenvalue weighted by Gasteiger charge is -2.45. The summed E-state index contributed by atoms with van der Waals surface area (Å²) in [5, 5.41) is 0.877. The first-order valence-electron chi connectivity index (χ1n) is 7.69. The largest absolute Gasteiger partial charge is 0.353 e. The topological polar surface area (TPSA) is 32.3 Å². The zero-order chi connectivity index (χ0) is 13.5. The third-order valence-corrected chi connectivity index (χ3v) is 5.82. The molecule has 2 unspecified atom stereocenters. The SMILES string of the molecule is CSc1nccc(N2CC(N3CC4CCCC4C3)C2)n1. The van der Waals surface area contributed by atoms with Crippen molar-refractivity contribution in [3.8, 4) is 0 Å². The molecule has 2 atom stereocenters. The molecule has 0 bridgehead atoms. The van der Waals surface area contributed by atoms with E-state index in [1.54, 1.807) is 11.8 Å². The van der Waals surface area contributed by atoms with Gasteiger partial charge in [0.2, 0.25) is 0 Å². The van der Waals surface area contributed by atoms with Gasteiger partial charge in [0.1, 0.15) is 5.82 Å². The summed E-state index contributed by atoms with van der Waals surface area (Å²) in [7, 11) is 0. The van der Waals surface area contributed by atoms with Crippen LogP contribution >= 0.6 is 11.8 Å². The van der Waals surface area contributed by atoms with E-state index >= 15 is 0 Å². The molecule has 0 N–H and O–H groups in total. The number of hydrogen-bond donors (Lipinski definition) is 0. The van der Waals surface area contributed by atoms with Crippen LogP contribution in [0.5, 0.6) is 0 Å². The highest BCUT2D eigenvalue weighted by atomic mass is 32.2. The average molecular weight is 290 g/mol. The summed E-state index contributed by atoms with van der Waals surface area (Å²) in [4.78, 5) is 14.0. The molecule has 1 aromatic rings. The Kier molecular flexibility index (Phi) is 3.34. The molecule has 3 fully saturated rings. The second-order valence-corrected chi connectivity index (χ2v) is 7.14. The second kappa shape index (κ2) is 5.19. The number of nitrogens with zero attached hydrogens (tertiary/aromatic N) is 4. The molecule has 1 aliphatic carbocycles. The molecule has 4 nitrogen and oxygen atoms in total. The number of fused-ring (bicyclic) bond motifs is 1. The summed E-state index contributed by atoms with van der Waals surface area (Å²) >= 11 is 1.61. The van der Waals surface area contributed by atoms with Gasteiger partial charge in [0.15, 0.2) is 5.16 Å². The highest BCUT2D eigenvalue weighted by Gasteiger charge is 2.42. The van der Waals surface area contributed by atoms with Gasteiger partial charge in [-0.05, 0) is 37.0 Å². The van der Waals surface area contributed by atoms with Crippen molar-refractivity contribution < 1.29 is 0 Å². The molecule has 2 saturated heterocycles. The molecule has 108 valence electrons. The summed E-state index contributed by atoms with van der Waals surface area (Å²) in [5.74, 6) is 3.11. The van der Waals surface area contributed by atoms with Crippen LogP contribution < -0.4 is 4.90 Å². The monoisotopic (exact) mass is 290 g/mol. The molecule has 0 radical (unpaired) electrons. The van der Waals surface area contributed by atoms with Gasteiger partial charge in [-0.25, -0.2) is 9.97 Å². The Bertz CT molecular complexity index is 477. The van der Waals surface area contributed by atoms with Crippen LogP contribution in [-0.4, -0.2) is 53.3 Å². The zero-order valence-corrected chi connectivity index (χ0v) is 12.9. The molecule has 4 rings (SSSR count). The van der Waals surface area contributed by atoms with Crippen LogP contribution in [0.2, 0.25) is 0 Å². The third kappa shape index (κ3) is 2.21. The number of rotatable bonds is 3. The van der Waals surface area contributed by atoms with E-state index in [4.69, 9.17) is 0 Å². The van der Waals surface area contributed by atoms with Gasteiger partial charge in [0.05, 0.1) is 0 Å². The summed E-state index contributed by atoms with van der Waals surface area (Å²) in [5.41, 5.74) is 0. The zero-order valence-electron chi connectivity index (χ0n) is 12.0. The lowest BCUT2D eigenvalue weighted by molar-refractivity contribution is 0.189. The fourth-order valence-corrected chi connectivity index (χ4v) is 4.40. The number of hydrogen-bond acceptors (Lipinski definition) is 5. The average Bonchev–Trinajstić information content (AvgIpc) is 2.98. The van der Waals surface area contributed by atoms with Crippen molar-refractivity contribution in [2.24, 2.45) is 11.8 Å². The molecular formula is C15H22N4S. The summed E-state index contributed by atoms with van der Waals surface area (Å²) in [6, 6.07) is 2.79. The van der Waals surface area contributed by atoms with E-state index in [9.17, 15) is 0 Å². The number of thioether (sulfide) groups is 1. The Morgan fingerprint density at radius 2 is 1.90 bits per heavy atom. The Morgan fingerprint density at radius 1 is 1.15 bits per heavy atom. The normalized spacial score (nSPS) is 30.6. The molecule has 3 heterocycles. The predicted molar refractivity (Wildman–Crippen MR) is 82.2 cm³/mol. The number of likely N-dealkylation sites (tertiary alicyclic amines) is 1. The van der Waals surface area contributed by atoms with Gasteiger partial charge in [-0.1, -0.05) is 18.2 Å². The van der Waals surface area contributed by atoms with Gasteiger partial charge >= 0.3 is 0 Å². The Hall–Kier alpha value is -0.810. The van der Waals surface area contributed by atoms with Crippen LogP contribution in [0, 0.1) is 11.8 Å². The van der Waals surface area contributed by atoms with Crippen LogP contribution in [0.25, 0.3) is 0 Å². The first kappa shape index (κ1) is 12.9. The fourth-order valence-electron chi connectivity index (χ4n) is 4.05. The summed E-state index contributed by atoms with van der Waals surface area (Å²) in [6.45, 7) is 4.99. The first-order chi connectivity index (χ1) is 9.83. The van der Waals surface area contributed by atoms with Crippen LogP contribution in [0.3, 0.4) is 0 Å². The lowest BCUT2D eigenvalue weighted by atomic mass is 10.0. The van der Waals surface area contributed by atoms with E-state index in [0.717, 1.165) is 41.9 Å². The molecule has 1 saturated carbocycles. The maximum atomic E-state index is 4.59. The molecule has 1 aromatic heterocycles. The third-order valence-electron chi connectivity index (χ3n) is 5.26. The molecule has 2 aliphatic heterocycles. The maximum absolute atomic E-state index is 4.59. The first-order valence-corrected chi connectivity index (χ1v) is 8.92. The fraction of sp³-hybridized carbons (Fsp3) is 0.733. The van der Waals surface area contributed by atoms with Crippen molar-refractivity contribution in [3.63, 3.8) is 0 Å². The van der Waals surface area contributed by atoms with Crippen molar-refractivity contribution >= 4 is 17.6 Å².